The topological polar surface area (TPSA) is 73.5 Å². The number of rotatable bonds is 6. The molecule has 0 radical (unpaired) electrons. The summed E-state index contributed by atoms with van der Waals surface area (Å²) in [6.45, 7) is 3.80. The zero-order valence-electron chi connectivity index (χ0n) is 12.1. The lowest BCUT2D eigenvalue weighted by Gasteiger charge is -2.08. The van der Waals surface area contributed by atoms with Crippen LogP contribution in [-0.2, 0) is 13.1 Å². The molecule has 0 unspecified atom stereocenters. The van der Waals surface area contributed by atoms with E-state index in [1.165, 1.54) is 10.7 Å². The van der Waals surface area contributed by atoms with Crippen LogP contribution in [0.4, 0.5) is 4.39 Å². The Bertz CT molecular complexity index is 735. The zero-order chi connectivity index (χ0) is 15.4. The second kappa shape index (κ2) is 6.44. The van der Waals surface area contributed by atoms with E-state index in [2.05, 4.69) is 25.9 Å². The van der Waals surface area contributed by atoms with Crippen molar-refractivity contribution < 1.29 is 4.39 Å². The highest BCUT2D eigenvalue weighted by Crippen LogP contribution is 2.15. The van der Waals surface area contributed by atoms with Gasteiger partial charge >= 0.3 is 0 Å². The number of hydrogen-bond acceptors (Lipinski definition) is 5. The van der Waals surface area contributed by atoms with E-state index in [0.29, 0.717) is 24.6 Å². The molecule has 8 heteroatoms. The molecule has 0 fully saturated rings. The van der Waals surface area contributed by atoms with Gasteiger partial charge in [0.2, 0.25) is 0 Å². The molecule has 0 saturated heterocycles. The number of aromatic nitrogens is 6. The number of hydrogen-bond donors (Lipinski definition) is 1. The Morgan fingerprint density at radius 1 is 1.32 bits per heavy atom. The van der Waals surface area contributed by atoms with E-state index in [-0.39, 0.29) is 5.82 Å². The molecule has 0 atom stereocenters. The second-order valence-corrected chi connectivity index (χ2v) is 4.91. The first-order valence-electron chi connectivity index (χ1n) is 6.96. The van der Waals surface area contributed by atoms with Crippen LogP contribution in [0.25, 0.3) is 5.69 Å². The first-order valence-corrected chi connectivity index (χ1v) is 6.96. The van der Waals surface area contributed by atoms with Crippen molar-refractivity contribution in [3.63, 3.8) is 0 Å². The molecule has 0 aliphatic rings. The average Bonchev–Trinajstić information content (AvgIpc) is 3.17. The van der Waals surface area contributed by atoms with E-state index in [4.69, 9.17) is 0 Å². The van der Waals surface area contributed by atoms with E-state index in [0.717, 1.165) is 12.1 Å². The molecule has 0 aliphatic carbocycles. The van der Waals surface area contributed by atoms with Crippen molar-refractivity contribution in [2.24, 2.45) is 0 Å². The van der Waals surface area contributed by atoms with Crippen LogP contribution < -0.4 is 5.32 Å². The van der Waals surface area contributed by atoms with Crippen LogP contribution in [0.15, 0.2) is 36.7 Å². The van der Waals surface area contributed by atoms with Gasteiger partial charge in [-0.15, -0.1) is 5.10 Å². The summed E-state index contributed by atoms with van der Waals surface area (Å²) in [7, 11) is 0. The van der Waals surface area contributed by atoms with Gasteiger partial charge in [0, 0.05) is 18.9 Å². The van der Waals surface area contributed by atoms with E-state index in [1.54, 1.807) is 18.3 Å². The van der Waals surface area contributed by atoms with Crippen LogP contribution >= 0.6 is 0 Å². The molecule has 3 rings (SSSR count). The smallest absolute Gasteiger partial charge is 0.170 e. The van der Waals surface area contributed by atoms with Crippen molar-refractivity contribution in [1.29, 1.82) is 0 Å². The third kappa shape index (κ3) is 3.17. The summed E-state index contributed by atoms with van der Waals surface area (Å²) in [4.78, 5) is 0. The van der Waals surface area contributed by atoms with Gasteiger partial charge in [-0.1, -0.05) is 6.07 Å². The molecule has 0 aliphatic heterocycles. The number of halogens is 1. The number of tetrazole rings is 1. The van der Waals surface area contributed by atoms with Gasteiger partial charge in [-0.2, -0.15) is 9.78 Å². The molecule has 7 nitrogen and oxygen atoms in total. The van der Waals surface area contributed by atoms with Gasteiger partial charge in [0.05, 0.1) is 13.1 Å². The van der Waals surface area contributed by atoms with E-state index in [9.17, 15) is 4.39 Å². The predicted molar refractivity (Wildman–Crippen MR) is 77.8 cm³/mol. The predicted octanol–water partition coefficient (Wildman–Crippen LogP) is 1.10. The highest BCUT2D eigenvalue weighted by Gasteiger charge is 2.12. The maximum Gasteiger partial charge on any atom is 0.170 e. The largest absolute Gasteiger partial charge is 0.308 e. The van der Waals surface area contributed by atoms with Crippen LogP contribution in [0.3, 0.4) is 0 Å². The Labute approximate surface area is 126 Å². The summed E-state index contributed by atoms with van der Waals surface area (Å²) >= 11 is 0. The summed E-state index contributed by atoms with van der Waals surface area (Å²) in [5, 5.41) is 18.8. The highest BCUT2D eigenvalue weighted by atomic mass is 19.1. The minimum Gasteiger partial charge on any atom is -0.308 e. The fourth-order valence-electron chi connectivity index (χ4n) is 2.11. The molecular weight excluding hydrogens is 285 g/mol. The first kappa shape index (κ1) is 14.3. The lowest BCUT2D eigenvalue weighted by Crippen LogP contribution is -2.22. The second-order valence-electron chi connectivity index (χ2n) is 4.91. The zero-order valence-corrected chi connectivity index (χ0v) is 12.1. The minimum absolute atomic E-state index is 0.351. The van der Waals surface area contributed by atoms with Gasteiger partial charge in [-0.05, 0) is 41.1 Å². The maximum atomic E-state index is 13.9. The molecule has 2 aromatic heterocycles. The quantitative estimate of drug-likeness (QED) is 0.690. The molecule has 114 valence electrons. The molecule has 1 N–H and O–H groups in total. The number of nitrogens with one attached hydrogen (secondary N) is 1. The fraction of sp³-hybridized carbons (Fsp3) is 0.286. The van der Waals surface area contributed by atoms with Gasteiger partial charge in [0.1, 0.15) is 11.5 Å². The van der Waals surface area contributed by atoms with Gasteiger partial charge in [-0.25, -0.2) is 4.39 Å². The van der Waals surface area contributed by atoms with Crippen molar-refractivity contribution in [2.75, 3.05) is 6.54 Å². The monoisotopic (exact) mass is 301 g/mol. The summed E-state index contributed by atoms with van der Waals surface area (Å²) in [6, 6.07) is 6.73. The first-order chi connectivity index (χ1) is 10.7. The van der Waals surface area contributed by atoms with Gasteiger partial charge < -0.3 is 5.32 Å². The van der Waals surface area contributed by atoms with Crippen molar-refractivity contribution in [3.8, 4) is 5.69 Å². The molecule has 0 amide bonds. The lowest BCUT2D eigenvalue weighted by atomic mass is 10.2. The van der Waals surface area contributed by atoms with Crippen molar-refractivity contribution in [3.05, 3.63) is 53.9 Å². The normalized spacial score (nSPS) is 11.0. The van der Waals surface area contributed by atoms with Crippen molar-refractivity contribution >= 4 is 0 Å². The summed E-state index contributed by atoms with van der Waals surface area (Å²) < 4.78 is 17.2. The average molecular weight is 301 g/mol. The number of aryl methyl sites for hydroxylation is 1. The number of benzene rings is 1. The molecule has 22 heavy (non-hydrogen) atoms. The minimum atomic E-state index is -0.351. The Hall–Kier alpha value is -2.61. The van der Waals surface area contributed by atoms with E-state index < -0.39 is 0 Å². The van der Waals surface area contributed by atoms with Crippen molar-refractivity contribution in [2.45, 2.75) is 20.0 Å². The molecule has 0 saturated carbocycles. The van der Waals surface area contributed by atoms with Crippen LogP contribution in [-0.4, -0.2) is 36.5 Å². The molecule has 0 bridgehead atoms. The maximum absolute atomic E-state index is 13.9. The fourth-order valence-corrected chi connectivity index (χ4v) is 2.11. The van der Waals surface area contributed by atoms with Crippen LogP contribution in [0, 0.1) is 12.7 Å². The molecular formula is C14H16FN7. The SMILES string of the molecule is Cc1ccc(F)c(-n2nnnc2CNCCn2cccn2)c1. The third-order valence-corrected chi connectivity index (χ3v) is 3.22. The Balaban J connectivity index is 1.66. The standard InChI is InChI=1S/C14H16FN7/c1-11-3-4-12(15)13(9-11)22-14(18-19-20-22)10-16-6-8-21-7-2-5-17-21/h2-5,7,9,16H,6,8,10H2,1H3. The lowest BCUT2D eigenvalue weighted by molar-refractivity contribution is 0.540. The third-order valence-electron chi connectivity index (χ3n) is 3.22. The van der Waals surface area contributed by atoms with Crippen LogP contribution in [0.2, 0.25) is 0 Å². The number of nitrogens with zero attached hydrogens (tertiary/aromatic N) is 6. The van der Waals surface area contributed by atoms with E-state index >= 15 is 0 Å². The van der Waals surface area contributed by atoms with Crippen LogP contribution in [0.5, 0.6) is 0 Å². The summed E-state index contributed by atoms with van der Waals surface area (Å²) in [6.07, 6.45) is 3.63. The summed E-state index contributed by atoms with van der Waals surface area (Å²) in [5.74, 6) is 0.209. The Morgan fingerprint density at radius 2 is 2.23 bits per heavy atom. The van der Waals surface area contributed by atoms with Gasteiger partial charge in [-0.3, -0.25) is 4.68 Å². The highest BCUT2D eigenvalue weighted by molar-refractivity contribution is 5.36. The van der Waals surface area contributed by atoms with E-state index in [1.807, 2.05) is 23.9 Å². The van der Waals surface area contributed by atoms with Gasteiger partial charge in [0.15, 0.2) is 5.82 Å². The molecule has 3 aromatic rings. The molecule has 0 spiro atoms. The molecule has 2 heterocycles. The van der Waals surface area contributed by atoms with Crippen molar-refractivity contribution in [1.82, 2.24) is 35.3 Å². The molecule has 1 aromatic carbocycles. The Kier molecular flexibility index (Phi) is 4.19. The van der Waals surface area contributed by atoms with Crippen LogP contribution in [0.1, 0.15) is 11.4 Å². The van der Waals surface area contributed by atoms with Gasteiger partial charge in [0.25, 0.3) is 0 Å². The summed E-state index contributed by atoms with van der Waals surface area (Å²) in [5.41, 5.74) is 1.30. The Morgan fingerprint density at radius 3 is 3.05 bits per heavy atom.